The number of carbonyl (C=O) groups excluding carboxylic acids is 2. The number of piperidine rings is 1. The highest BCUT2D eigenvalue weighted by atomic mass is 16.5. The van der Waals surface area contributed by atoms with E-state index < -0.39 is 0 Å². The fraction of sp³-hybridized carbons (Fsp3) is 0.965. The summed E-state index contributed by atoms with van der Waals surface area (Å²) >= 11 is 0. The van der Waals surface area contributed by atoms with Crippen molar-refractivity contribution in [2.75, 3.05) is 78.6 Å². The molecule has 0 saturated carbocycles. The van der Waals surface area contributed by atoms with E-state index in [9.17, 15) is 9.59 Å². The van der Waals surface area contributed by atoms with E-state index in [1.807, 2.05) is 0 Å². The number of hydrogen-bond acceptors (Lipinski definition) is 6. The van der Waals surface area contributed by atoms with E-state index in [2.05, 4.69) is 54.2 Å². The van der Waals surface area contributed by atoms with Gasteiger partial charge in [-0.3, -0.25) is 19.4 Å². The van der Waals surface area contributed by atoms with Gasteiger partial charge in [-0.1, -0.05) is 227 Å². The smallest absolute Gasteiger partial charge is 0.320 e. The Kier molecular flexibility index (Phi) is 44.6. The molecule has 7 heteroatoms. The van der Waals surface area contributed by atoms with Gasteiger partial charge in [-0.05, 0) is 83.6 Å². The maximum Gasteiger partial charge on any atom is 0.320 e. The number of unbranched alkanes of at least 4 members (excludes halogenated alkanes) is 30. The summed E-state index contributed by atoms with van der Waals surface area (Å²) in [6.45, 7) is 22.0. The summed E-state index contributed by atoms with van der Waals surface area (Å²) in [6, 6.07) is 0. The Balaban J connectivity index is 2.68. The minimum Gasteiger partial charge on any atom is -0.464 e. The third kappa shape index (κ3) is 37.9. The molecule has 0 N–H and O–H groups in total. The van der Waals surface area contributed by atoms with E-state index in [-0.39, 0.29) is 5.97 Å². The average molecular weight is 904 g/mol. The first-order valence-electron chi connectivity index (χ1n) is 29.1. The SMILES string of the molecule is CCCCCCCCCN(CCCCCCCCC)CCN(CCCCCCCCC)CC(=O)N1CCC(COC(=O)CN(CCCCCCCCC)CCCCCCCCC)CC1. The first-order valence-corrected chi connectivity index (χ1v) is 29.1. The predicted molar refractivity (Wildman–Crippen MR) is 280 cm³/mol. The van der Waals surface area contributed by atoms with Crippen LogP contribution in [0.5, 0.6) is 0 Å². The lowest BCUT2D eigenvalue weighted by atomic mass is 9.98. The molecule has 0 unspecified atom stereocenters. The molecule has 1 fully saturated rings. The van der Waals surface area contributed by atoms with Crippen molar-refractivity contribution in [1.82, 2.24) is 19.6 Å². The summed E-state index contributed by atoms with van der Waals surface area (Å²) in [5.74, 6) is 0.595. The standard InChI is InChI=1S/C57H114N4O3/c1-6-11-16-21-26-31-36-43-58(44-37-32-27-22-17-12-7-2)50-51-60(47-40-35-30-25-20-15-10-5)52-56(62)61-48-41-55(42-49-61)54-64-57(63)53-59(45-38-33-28-23-18-13-8-3)46-39-34-29-24-19-14-9-4/h55H,6-54H2,1-5H3. The van der Waals surface area contributed by atoms with Crippen LogP contribution in [0.1, 0.15) is 272 Å². The second-order valence-corrected chi connectivity index (χ2v) is 20.5. The summed E-state index contributed by atoms with van der Waals surface area (Å²) < 4.78 is 5.97. The number of hydrogen-bond donors (Lipinski definition) is 0. The topological polar surface area (TPSA) is 56.3 Å². The van der Waals surface area contributed by atoms with Crippen LogP contribution in [0.25, 0.3) is 0 Å². The summed E-state index contributed by atoms with van der Waals surface area (Å²) in [5.41, 5.74) is 0. The van der Waals surface area contributed by atoms with Crippen LogP contribution >= 0.6 is 0 Å². The van der Waals surface area contributed by atoms with Gasteiger partial charge < -0.3 is 14.5 Å². The van der Waals surface area contributed by atoms with Crippen LogP contribution < -0.4 is 0 Å². The second kappa shape index (κ2) is 46.9. The molecule has 0 radical (unpaired) electrons. The Labute approximate surface area is 401 Å². The van der Waals surface area contributed by atoms with Crippen LogP contribution in [0, 0.1) is 5.92 Å². The summed E-state index contributed by atoms with van der Waals surface area (Å²) in [4.78, 5) is 36.9. The van der Waals surface area contributed by atoms with E-state index in [0.717, 1.165) is 58.7 Å². The summed E-state index contributed by atoms with van der Waals surface area (Å²) in [6.07, 6.45) is 48.2. The third-order valence-electron chi connectivity index (χ3n) is 14.3. The van der Waals surface area contributed by atoms with Crippen LogP contribution in [0.4, 0.5) is 0 Å². The van der Waals surface area contributed by atoms with Crippen LogP contribution in [-0.2, 0) is 14.3 Å². The molecule has 0 aliphatic carbocycles. The zero-order valence-corrected chi connectivity index (χ0v) is 44.2. The monoisotopic (exact) mass is 903 g/mol. The van der Waals surface area contributed by atoms with Crippen molar-refractivity contribution in [3.05, 3.63) is 0 Å². The molecule has 1 saturated heterocycles. The van der Waals surface area contributed by atoms with Gasteiger partial charge in [0.25, 0.3) is 0 Å². The van der Waals surface area contributed by atoms with Crippen LogP contribution in [0.2, 0.25) is 0 Å². The van der Waals surface area contributed by atoms with Crippen LogP contribution in [-0.4, -0.2) is 110 Å². The van der Waals surface area contributed by atoms with Gasteiger partial charge in [-0.2, -0.15) is 0 Å². The normalized spacial score (nSPS) is 13.6. The van der Waals surface area contributed by atoms with Gasteiger partial charge in [0.1, 0.15) is 0 Å². The van der Waals surface area contributed by atoms with Crippen molar-refractivity contribution in [2.45, 2.75) is 272 Å². The van der Waals surface area contributed by atoms with Crippen molar-refractivity contribution in [1.29, 1.82) is 0 Å². The molecule has 64 heavy (non-hydrogen) atoms. The number of nitrogens with zero attached hydrogens (tertiary/aromatic N) is 4. The first-order chi connectivity index (χ1) is 31.5. The Hall–Kier alpha value is -1.18. The van der Waals surface area contributed by atoms with E-state index in [4.69, 9.17) is 4.74 Å². The highest BCUT2D eigenvalue weighted by Crippen LogP contribution is 2.19. The average Bonchev–Trinajstić information content (AvgIpc) is 3.30. The number of carbonyl (C=O) groups is 2. The molecule has 0 aromatic carbocycles. The molecule has 7 nitrogen and oxygen atoms in total. The van der Waals surface area contributed by atoms with E-state index in [0.29, 0.717) is 31.5 Å². The molecule has 0 aromatic heterocycles. The highest BCUT2D eigenvalue weighted by Gasteiger charge is 2.25. The van der Waals surface area contributed by atoms with Crippen molar-refractivity contribution >= 4 is 11.9 Å². The molecule has 1 heterocycles. The molecular weight excluding hydrogens is 789 g/mol. The minimum atomic E-state index is -0.0570. The number of ether oxygens (including phenoxy) is 1. The number of esters is 1. The number of rotatable bonds is 49. The van der Waals surface area contributed by atoms with Gasteiger partial charge in [-0.25, -0.2) is 0 Å². The molecule has 380 valence electrons. The Morgan fingerprint density at radius 2 is 0.656 bits per heavy atom. The maximum absolute atomic E-state index is 13.9. The van der Waals surface area contributed by atoms with Gasteiger partial charge in [0, 0.05) is 26.2 Å². The van der Waals surface area contributed by atoms with Crippen molar-refractivity contribution in [2.24, 2.45) is 5.92 Å². The van der Waals surface area contributed by atoms with Gasteiger partial charge in [-0.15, -0.1) is 0 Å². The van der Waals surface area contributed by atoms with Crippen molar-refractivity contribution in [3.63, 3.8) is 0 Å². The molecule has 1 aliphatic rings. The molecular formula is C57H114N4O3. The Morgan fingerprint density at radius 1 is 0.375 bits per heavy atom. The van der Waals surface area contributed by atoms with Gasteiger partial charge in [0.15, 0.2) is 0 Å². The van der Waals surface area contributed by atoms with E-state index >= 15 is 0 Å². The molecule has 1 amide bonds. The zero-order chi connectivity index (χ0) is 46.4. The lowest BCUT2D eigenvalue weighted by Gasteiger charge is -2.34. The minimum absolute atomic E-state index is 0.0570. The molecule has 1 rings (SSSR count). The quantitative estimate of drug-likeness (QED) is 0.0448. The molecule has 0 aromatic rings. The lowest BCUT2D eigenvalue weighted by molar-refractivity contribution is -0.147. The van der Waals surface area contributed by atoms with E-state index in [1.165, 1.54) is 238 Å². The van der Waals surface area contributed by atoms with Crippen LogP contribution in [0.15, 0.2) is 0 Å². The Morgan fingerprint density at radius 3 is 1.00 bits per heavy atom. The summed E-state index contributed by atoms with van der Waals surface area (Å²) in [7, 11) is 0. The van der Waals surface area contributed by atoms with Crippen molar-refractivity contribution in [3.8, 4) is 0 Å². The maximum atomic E-state index is 13.9. The summed E-state index contributed by atoms with van der Waals surface area (Å²) in [5, 5.41) is 0. The number of amides is 1. The largest absolute Gasteiger partial charge is 0.464 e. The molecule has 0 spiro atoms. The fourth-order valence-corrected chi connectivity index (χ4v) is 9.70. The van der Waals surface area contributed by atoms with Crippen LogP contribution in [0.3, 0.4) is 0 Å². The van der Waals surface area contributed by atoms with Gasteiger partial charge in [0.05, 0.1) is 19.7 Å². The molecule has 0 atom stereocenters. The number of likely N-dealkylation sites (tertiary alicyclic amines) is 1. The second-order valence-electron chi connectivity index (χ2n) is 20.5. The molecule has 0 bridgehead atoms. The highest BCUT2D eigenvalue weighted by molar-refractivity contribution is 5.78. The molecule has 1 aliphatic heterocycles. The van der Waals surface area contributed by atoms with Gasteiger partial charge in [0.2, 0.25) is 5.91 Å². The predicted octanol–water partition coefficient (Wildman–Crippen LogP) is 15.4. The van der Waals surface area contributed by atoms with Gasteiger partial charge >= 0.3 is 5.97 Å². The van der Waals surface area contributed by atoms with E-state index in [1.54, 1.807) is 0 Å². The third-order valence-corrected chi connectivity index (χ3v) is 14.3. The first kappa shape index (κ1) is 60.8. The van der Waals surface area contributed by atoms with Crippen molar-refractivity contribution < 1.29 is 14.3 Å². The Bertz CT molecular complexity index is 952. The zero-order valence-electron chi connectivity index (χ0n) is 44.2. The lowest BCUT2D eigenvalue weighted by Crippen LogP contribution is -2.46. The fourth-order valence-electron chi connectivity index (χ4n) is 9.70.